The number of methoxy groups -OCH3 is 1. The van der Waals surface area contributed by atoms with E-state index in [4.69, 9.17) is 4.74 Å². The van der Waals surface area contributed by atoms with Crippen LogP contribution in [0.3, 0.4) is 0 Å². The van der Waals surface area contributed by atoms with Crippen LogP contribution in [0.2, 0.25) is 0 Å². The van der Waals surface area contributed by atoms with Crippen molar-refractivity contribution in [1.29, 1.82) is 0 Å². The van der Waals surface area contributed by atoms with E-state index in [1.54, 1.807) is 24.3 Å². The molecule has 130 valence electrons. The topological polar surface area (TPSA) is 91.8 Å². The number of likely N-dealkylation sites (tertiary alicyclic amines) is 1. The number of ether oxygens (including phenoxy) is 1. The fourth-order valence-corrected chi connectivity index (χ4v) is 3.34. The van der Waals surface area contributed by atoms with Crippen LogP contribution in [0.4, 0.5) is 0 Å². The predicted octanol–water partition coefficient (Wildman–Crippen LogP) is 0.641. The standard InChI is InChI=1S/C17H23N3O4/c1-24-15-5-4-11(9-18-15)17(12-7-13(21)8-12)19-14(22)10-20-6-2-3-16(20)23/h4-5,9,12-13,17,21H,2-3,6-8,10H2,1H3,(H,19,22). The molecule has 1 aliphatic heterocycles. The molecule has 1 aromatic heterocycles. The van der Waals surface area contributed by atoms with Gasteiger partial charge in [-0.2, -0.15) is 0 Å². The zero-order chi connectivity index (χ0) is 17.1. The molecule has 0 radical (unpaired) electrons. The molecular formula is C17H23N3O4. The van der Waals surface area contributed by atoms with Crippen LogP contribution < -0.4 is 10.1 Å². The Morgan fingerprint density at radius 1 is 1.50 bits per heavy atom. The molecule has 1 aromatic rings. The van der Waals surface area contributed by atoms with Crippen molar-refractivity contribution in [2.75, 3.05) is 20.2 Å². The van der Waals surface area contributed by atoms with Crippen molar-refractivity contribution in [3.05, 3.63) is 23.9 Å². The van der Waals surface area contributed by atoms with E-state index in [0.29, 0.717) is 31.7 Å². The smallest absolute Gasteiger partial charge is 0.240 e. The summed E-state index contributed by atoms with van der Waals surface area (Å²) >= 11 is 0. The monoisotopic (exact) mass is 333 g/mol. The number of hydrogen-bond donors (Lipinski definition) is 2. The molecule has 1 saturated carbocycles. The second-order valence-corrected chi connectivity index (χ2v) is 6.48. The number of aliphatic hydroxyl groups is 1. The Hall–Kier alpha value is -2.15. The first kappa shape index (κ1) is 16.7. The minimum absolute atomic E-state index is 0.0341. The van der Waals surface area contributed by atoms with Gasteiger partial charge >= 0.3 is 0 Å². The lowest BCUT2D eigenvalue weighted by Gasteiger charge is -2.38. The zero-order valence-corrected chi connectivity index (χ0v) is 13.8. The van der Waals surface area contributed by atoms with Crippen LogP contribution in [0.5, 0.6) is 5.88 Å². The molecule has 24 heavy (non-hydrogen) atoms. The number of aliphatic hydroxyl groups excluding tert-OH is 1. The Kier molecular flexibility index (Phi) is 4.99. The third-order valence-electron chi connectivity index (χ3n) is 4.77. The fraction of sp³-hybridized carbons (Fsp3) is 0.588. The molecule has 0 aromatic carbocycles. The van der Waals surface area contributed by atoms with Crippen LogP contribution in [0.25, 0.3) is 0 Å². The van der Waals surface area contributed by atoms with Gasteiger partial charge in [0.05, 0.1) is 25.8 Å². The summed E-state index contributed by atoms with van der Waals surface area (Å²) in [6.07, 6.45) is 4.02. The molecule has 7 nitrogen and oxygen atoms in total. The molecule has 2 aliphatic rings. The van der Waals surface area contributed by atoms with Crippen molar-refractivity contribution in [3.8, 4) is 5.88 Å². The highest BCUT2D eigenvalue weighted by atomic mass is 16.5. The number of carbonyl (C=O) groups is 2. The number of nitrogens with one attached hydrogen (secondary N) is 1. The number of pyridine rings is 1. The summed E-state index contributed by atoms with van der Waals surface area (Å²) in [5.41, 5.74) is 0.883. The van der Waals surface area contributed by atoms with Crippen molar-refractivity contribution in [1.82, 2.24) is 15.2 Å². The molecule has 7 heteroatoms. The summed E-state index contributed by atoms with van der Waals surface area (Å²) in [6, 6.07) is 3.42. The van der Waals surface area contributed by atoms with Gasteiger partial charge in [-0.15, -0.1) is 0 Å². The molecule has 1 aliphatic carbocycles. The first-order chi connectivity index (χ1) is 11.6. The van der Waals surface area contributed by atoms with Crippen LogP contribution in [-0.4, -0.2) is 53.1 Å². The lowest BCUT2D eigenvalue weighted by Crippen LogP contribution is -2.45. The third-order valence-corrected chi connectivity index (χ3v) is 4.77. The van der Waals surface area contributed by atoms with Gasteiger partial charge in [0.25, 0.3) is 0 Å². The van der Waals surface area contributed by atoms with Crippen molar-refractivity contribution in [2.24, 2.45) is 5.92 Å². The van der Waals surface area contributed by atoms with Crippen LogP contribution in [0.1, 0.15) is 37.3 Å². The van der Waals surface area contributed by atoms with E-state index < -0.39 is 0 Å². The van der Waals surface area contributed by atoms with E-state index in [-0.39, 0.29) is 36.4 Å². The second-order valence-electron chi connectivity index (χ2n) is 6.48. The van der Waals surface area contributed by atoms with Crippen molar-refractivity contribution >= 4 is 11.8 Å². The molecule has 2 fully saturated rings. The lowest BCUT2D eigenvalue weighted by atomic mass is 9.75. The van der Waals surface area contributed by atoms with Crippen LogP contribution in [0, 0.1) is 5.92 Å². The van der Waals surface area contributed by atoms with Gasteiger partial charge in [-0.3, -0.25) is 9.59 Å². The van der Waals surface area contributed by atoms with Gasteiger partial charge in [0.2, 0.25) is 17.7 Å². The average molecular weight is 333 g/mol. The highest BCUT2D eigenvalue weighted by Gasteiger charge is 2.36. The normalized spacial score (nSPS) is 24.4. The first-order valence-corrected chi connectivity index (χ1v) is 8.32. The van der Waals surface area contributed by atoms with E-state index in [1.165, 1.54) is 0 Å². The van der Waals surface area contributed by atoms with E-state index in [1.807, 2.05) is 6.07 Å². The molecule has 1 saturated heterocycles. The van der Waals surface area contributed by atoms with Gasteiger partial charge < -0.3 is 20.1 Å². The predicted molar refractivity (Wildman–Crippen MR) is 86.2 cm³/mol. The van der Waals surface area contributed by atoms with Crippen molar-refractivity contribution in [3.63, 3.8) is 0 Å². The summed E-state index contributed by atoms with van der Waals surface area (Å²) in [5.74, 6) is 0.549. The number of aromatic nitrogens is 1. The Morgan fingerprint density at radius 2 is 2.29 bits per heavy atom. The highest BCUT2D eigenvalue weighted by molar-refractivity contribution is 5.86. The molecule has 0 spiro atoms. The minimum atomic E-state index is -0.305. The molecule has 2 heterocycles. The number of hydrogen-bond acceptors (Lipinski definition) is 5. The van der Waals surface area contributed by atoms with E-state index in [2.05, 4.69) is 10.3 Å². The molecular weight excluding hydrogens is 310 g/mol. The van der Waals surface area contributed by atoms with Crippen LogP contribution in [0.15, 0.2) is 18.3 Å². The quantitative estimate of drug-likeness (QED) is 0.797. The largest absolute Gasteiger partial charge is 0.481 e. The summed E-state index contributed by atoms with van der Waals surface area (Å²) in [5, 5.41) is 12.6. The maximum atomic E-state index is 12.4. The summed E-state index contributed by atoms with van der Waals surface area (Å²) in [7, 11) is 1.55. The fourth-order valence-electron chi connectivity index (χ4n) is 3.34. The van der Waals surface area contributed by atoms with Gasteiger partial charge in [0.1, 0.15) is 0 Å². The number of carbonyl (C=O) groups excluding carboxylic acids is 2. The third kappa shape index (κ3) is 3.67. The van der Waals surface area contributed by atoms with Crippen molar-refractivity contribution < 1.29 is 19.4 Å². The molecule has 3 rings (SSSR count). The van der Waals surface area contributed by atoms with Gasteiger partial charge in [-0.1, -0.05) is 6.07 Å². The molecule has 2 amide bonds. The SMILES string of the molecule is COc1ccc(C(NC(=O)CN2CCCC2=O)C2CC(O)C2)cn1. The molecule has 1 unspecified atom stereocenters. The van der Waals surface area contributed by atoms with E-state index >= 15 is 0 Å². The molecule has 1 atom stereocenters. The summed E-state index contributed by atoms with van der Waals surface area (Å²) < 4.78 is 5.07. The van der Waals surface area contributed by atoms with E-state index in [0.717, 1.165) is 12.0 Å². The lowest BCUT2D eigenvalue weighted by molar-refractivity contribution is -0.133. The van der Waals surface area contributed by atoms with Gasteiger partial charge in [0, 0.05) is 25.2 Å². The van der Waals surface area contributed by atoms with Crippen molar-refractivity contribution in [2.45, 2.75) is 37.8 Å². The maximum absolute atomic E-state index is 12.4. The number of nitrogens with zero attached hydrogens (tertiary/aromatic N) is 2. The van der Waals surface area contributed by atoms with Crippen LogP contribution >= 0.6 is 0 Å². The second kappa shape index (κ2) is 7.17. The van der Waals surface area contributed by atoms with Gasteiger partial charge in [-0.25, -0.2) is 4.98 Å². The maximum Gasteiger partial charge on any atom is 0.240 e. The van der Waals surface area contributed by atoms with Gasteiger partial charge in [0.15, 0.2) is 0 Å². The Labute approximate surface area is 141 Å². The summed E-state index contributed by atoms with van der Waals surface area (Å²) in [4.78, 5) is 29.8. The zero-order valence-electron chi connectivity index (χ0n) is 13.8. The Balaban J connectivity index is 1.67. The minimum Gasteiger partial charge on any atom is -0.481 e. The average Bonchev–Trinajstić information content (AvgIpc) is 2.95. The summed E-state index contributed by atoms with van der Waals surface area (Å²) in [6.45, 7) is 0.733. The number of rotatable bonds is 6. The highest BCUT2D eigenvalue weighted by Crippen LogP contribution is 2.38. The molecule has 0 bridgehead atoms. The Bertz CT molecular complexity index is 598. The number of amides is 2. The van der Waals surface area contributed by atoms with Crippen LogP contribution in [-0.2, 0) is 9.59 Å². The van der Waals surface area contributed by atoms with Gasteiger partial charge in [-0.05, 0) is 30.7 Å². The molecule has 2 N–H and O–H groups in total. The first-order valence-electron chi connectivity index (χ1n) is 8.32. The Morgan fingerprint density at radius 3 is 2.83 bits per heavy atom. The van der Waals surface area contributed by atoms with E-state index in [9.17, 15) is 14.7 Å².